The van der Waals surface area contributed by atoms with Gasteiger partial charge in [0, 0.05) is 24.6 Å². The van der Waals surface area contributed by atoms with Crippen molar-refractivity contribution in [2.75, 3.05) is 26.8 Å². The van der Waals surface area contributed by atoms with Gasteiger partial charge in [-0.2, -0.15) is 0 Å². The van der Waals surface area contributed by atoms with Gasteiger partial charge in [0.1, 0.15) is 0 Å². The van der Waals surface area contributed by atoms with Crippen molar-refractivity contribution in [1.29, 1.82) is 0 Å². The SMILES string of the molecule is COc1ccccc1OCC(=O)NCC1CNC(=O)c2ccccc21. The second-order valence-corrected chi connectivity index (χ2v) is 5.74. The Labute approximate surface area is 146 Å². The van der Waals surface area contributed by atoms with Crippen LogP contribution in [0.5, 0.6) is 11.5 Å². The monoisotopic (exact) mass is 340 g/mol. The zero-order chi connectivity index (χ0) is 17.6. The highest BCUT2D eigenvalue weighted by molar-refractivity contribution is 5.97. The van der Waals surface area contributed by atoms with Gasteiger partial charge in [-0.05, 0) is 23.8 Å². The summed E-state index contributed by atoms with van der Waals surface area (Å²) >= 11 is 0. The normalized spacial score (nSPS) is 15.7. The predicted octanol–water partition coefficient (Wildman–Crippen LogP) is 1.72. The number of ether oxygens (including phenoxy) is 2. The lowest BCUT2D eigenvalue weighted by atomic mass is 9.90. The van der Waals surface area contributed by atoms with Gasteiger partial charge >= 0.3 is 0 Å². The molecule has 1 unspecified atom stereocenters. The van der Waals surface area contributed by atoms with E-state index in [1.165, 1.54) is 0 Å². The highest BCUT2D eigenvalue weighted by Crippen LogP contribution is 2.26. The lowest BCUT2D eigenvalue weighted by molar-refractivity contribution is -0.123. The molecule has 0 radical (unpaired) electrons. The Bertz CT molecular complexity index is 776. The Balaban J connectivity index is 1.55. The summed E-state index contributed by atoms with van der Waals surface area (Å²) in [5.74, 6) is 0.858. The highest BCUT2D eigenvalue weighted by Gasteiger charge is 2.24. The van der Waals surface area contributed by atoms with Crippen molar-refractivity contribution in [3.63, 3.8) is 0 Å². The van der Waals surface area contributed by atoms with Crippen molar-refractivity contribution in [2.24, 2.45) is 0 Å². The number of rotatable bonds is 6. The third-order valence-corrected chi connectivity index (χ3v) is 4.13. The van der Waals surface area contributed by atoms with Crippen molar-refractivity contribution in [3.8, 4) is 11.5 Å². The molecule has 3 rings (SSSR count). The van der Waals surface area contributed by atoms with Crippen LogP contribution in [-0.4, -0.2) is 38.6 Å². The first-order valence-corrected chi connectivity index (χ1v) is 8.08. The Morgan fingerprint density at radius 3 is 2.68 bits per heavy atom. The number of hydrogen-bond donors (Lipinski definition) is 2. The van der Waals surface area contributed by atoms with Crippen LogP contribution in [0, 0.1) is 0 Å². The maximum absolute atomic E-state index is 12.1. The summed E-state index contributed by atoms with van der Waals surface area (Å²) in [4.78, 5) is 23.9. The first-order valence-electron chi connectivity index (χ1n) is 8.08. The molecule has 1 aliphatic heterocycles. The summed E-state index contributed by atoms with van der Waals surface area (Å²) in [5, 5.41) is 5.71. The van der Waals surface area contributed by atoms with E-state index in [2.05, 4.69) is 10.6 Å². The van der Waals surface area contributed by atoms with Gasteiger partial charge in [0.15, 0.2) is 18.1 Å². The molecule has 2 aromatic rings. The van der Waals surface area contributed by atoms with Crippen LogP contribution in [0.2, 0.25) is 0 Å². The van der Waals surface area contributed by atoms with E-state index >= 15 is 0 Å². The van der Waals surface area contributed by atoms with Gasteiger partial charge in [0.2, 0.25) is 0 Å². The van der Waals surface area contributed by atoms with Crippen LogP contribution >= 0.6 is 0 Å². The van der Waals surface area contributed by atoms with E-state index in [9.17, 15) is 9.59 Å². The second kappa shape index (κ2) is 7.70. The third-order valence-electron chi connectivity index (χ3n) is 4.13. The van der Waals surface area contributed by atoms with Crippen LogP contribution in [0.4, 0.5) is 0 Å². The van der Waals surface area contributed by atoms with Crippen molar-refractivity contribution in [1.82, 2.24) is 10.6 Å². The molecule has 130 valence electrons. The van der Waals surface area contributed by atoms with Crippen LogP contribution < -0.4 is 20.1 Å². The van der Waals surface area contributed by atoms with Gasteiger partial charge in [0.25, 0.3) is 11.8 Å². The molecule has 0 aliphatic carbocycles. The minimum atomic E-state index is -0.222. The van der Waals surface area contributed by atoms with E-state index in [0.717, 1.165) is 5.56 Å². The average Bonchev–Trinajstić information content (AvgIpc) is 2.66. The van der Waals surface area contributed by atoms with Crippen LogP contribution in [0.15, 0.2) is 48.5 Å². The number of carbonyl (C=O) groups excluding carboxylic acids is 2. The minimum absolute atomic E-state index is 0.0455. The number of methoxy groups -OCH3 is 1. The molecular formula is C19H20N2O4. The van der Waals surface area contributed by atoms with Gasteiger partial charge in [-0.3, -0.25) is 9.59 Å². The number of fused-ring (bicyclic) bond motifs is 1. The molecule has 0 saturated heterocycles. The number of nitrogens with one attached hydrogen (secondary N) is 2. The molecular weight excluding hydrogens is 320 g/mol. The summed E-state index contributed by atoms with van der Waals surface area (Å²) in [5.41, 5.74) is 1.62. The quantitative estimate of drug-likeness (QED) is 0.839. The Morgan fingerprint density at radius 1 is 1.16 bits per heavy atom. The molecule has 2 aromatic carbocycles. The summed E-state index contributed by atoms with van der Waals surface area (Å²) in [7, 11) is 1.55. The van der Waals surface area contributed by atoms with Crippen LogP contribution in [0.25, 0.3) is 0 Å². The maximum Gasteiger partial charge on any atom is 0.257 e. The van der Waals surface area contributed by atoms with E-state index in [-0.39, 0.29) is 24.3 Å². The smallest absolute Gasteiger partial charge is 0.257 e. The Hall–Kier alpha value is -3.02. The molecule has 0 aromatic heterocycles. The fourth-order valence-corrected chi connectivity index (χ4v) is 2.83. The Morgan fingerprint density at radius 2 is 1.88 bits per heavy atom. The first-order chi connectivity index (χ1) is 12.2. The lowest BCUT2D eigenvalue weighted by Crippen LogP contribution is -2.41. The van der Waals surface area contributed by atoms with E-state index < -0.39 is 0 Å². The van der Waals surface area contributed by atoms with E-state index in [0.29, 0.717) is 30.2 Å². The Kier molecular flexibility index (Phi) is 5.18. The summed E-state index contributed by atoms with van der Waals surface area (Å²) in [6.07, 6.45) is 0. The number of benzene rings is 2. The molecule has 0 spiro atoms. The number of amides is 2. The molecule has 0 bridgehead atoms. The van der Waals surface area contributed by atoms with Gasteiger partial charge in [-0.1, -0.05) is 30.3 Å². The maximum atomic E-state index is 12.1. The molecule has 1 atom stereocenters. The van der Waals surface area contributed by atoms with Crippen molar-refractivity contribution in [3.05, 3.63) is 59.7 Å². The topological polar surface area (TPSA) is 76.7 Å². The molecule has 2 amide bonds. The van der Waals surface area contributed by atoms with E-state index in [1.807, 2.05) is 30.3 Å². The van der Waals surface area contributed by atoms with E-state index in [1.54, 1.807) is 25.3 Å². The number of hydrogen-bond acceptors (Lipinski definition) is 4. The fourth-order valence-electron chi connectivity index (χ4n) is 2.83. The third kappa shape index (κ3) is 3.91. The van der Waals surface area contributed by atoms with E-state index in [4.69, 9.17) is 9.47 Å². The molecule has 1 heterocycles. The molecule has 2 N–H and O–H groups in total. The van der Waals surface area contributed by atoms with Gasteiger partial charge in [-0.15, -0.1) is 0 Å². The number of carbonyl (C=O) groups is 2. The highest BCUT2D eigenvalue weighted by atomic mass is 16.5. The van der Waals surface area contributed by atoms with Gasteiger partial charge in [0.05, 0.1) is 7.11 Å². The molecule has 1 aliphatic rings. The lowest BCUT2D eigenvalue weighted by Gasteiger charge is -2.25. The van der Waals surface area contributed by atoms with Gasteiger partial charge in [-0.25, -0.2) is 0 Å². The van der Waals surface area contributed by atoms with Crippen LogP contribution in [-0.2, 0) is 4.79 Å². The standard InChI is InChI=1S/C19H20N2O4/c1-24-16-8-4-5-9-17(16)25-12-18(22)20-10-13-11-21-19(23)15-7-3-2-6-14(13)15/h2-9,13H,10-12H2,1H3,(H,20,22)(H,21,23). The molecule has 25 heavy (non-hydrogen) atoms. The van der Waals surface area contributed by atoms with Crippen molar-refractivity contribution < 1.29 is 19.1 Å². The largest absolute Gasteiger partial charge is 0.493 e. The summed E-state index contributed by atoms with van der Waals surface area (Å²) in [6.45, 7) is 0.843. The molecule has 6 heteroatoms. The zero-order valence-corrected chi connectivity index (χ0v) is 14.0. The van der Waals surface area contributed by atoms with Crippen molar-refractivity contribution >= 4 is 11.8 Å². The minimum Gasteiger partial charge on any atom is -0.493 e. The zero-order valence-electron chi connectivity index (χ0n) is 14.0. The number of para-hydroxylation sites is 2. The summed E-state index contributed by atoms with van der Waals surface area (Å²) < 4.78 is 10.7. The molecule has 0 fully saturated rings. The molecule has 6 nitrogen and oxygen atoms in total. The van der Waals surface area contributed by atoms with Crippen molar-refractivity contribution in [2.45, 2.75) is 5.92 Å². The first kappa shape index (κ1) is 16.8. The average molecular weight is 340 g/mol. The second-order valence-electron chi connectivity index (χ2n) is 5.74. The van der Waals surface area contributed by atoms with Crippen LogP contribution in [0.3, 0.4) is 0 Å². The molecule has 0 saturated carbocycles. The predicted molar refractivity (Wildman–Crippen MR) is 93.0 cm³/mol. The van der Waals surface area contributed by atoms with Gasteiger partial charge < -0.3 is 20.1 Å². The van der Waals surface area contributed by atoms with Crippen LogP contribution in [0.1, 0.15) is 21.8 Å². The fraction of sp³-hybridized carbons (Fsp3) is 0.263. The summed E-state index contributed by atoms with van der Waals surface area (Å²) in [6, 6.07) is 14.6.